The Morgan fingerprint density at radius 2 is 1.73 bits per heavy atom. The first kappa shape index (κ1) is 8.36. The first-order valence-electron chi connectivity index (χ1n) is 4.72. The molecule has 0 aliphatic rings. The molecule has 2 nitrogen and oxygen atoms in total. The van der Waals surface area contributed by atoms with Gasteiger partial charge in [-0.05, 0) is 18.2 Å². The van der Waals surface area contributed by atoms with Crippen molar-refractivity contribution in [2.75, 3.05) is 0 Å². The van der Waals surface area contributed by atoms with Gasteiger partial charge in [-0.1, -0.05) is 24.3 Å². The van der Waals surface area contributed by atoms with Crippen molar-refractivity contribution in [3.8, 4) is 5.75 Å². The van der Waals surface area contributed by atoms with Gasteiger partial charge in [0.15, 0.2) is 0 Å². The van der Waals surface area contributed by atoms with Crippen molar-refractivity contribution >= 4 is 21.9 Å². The van der Waals surface area contributed by atoms with E-state index in [-0.39, 0.29) is 0 Å². The van der Waals surface area contributed by atoms with Gasteiger partial charge in [0.05, 0.1) is 5.39 Å². The Labute approximate surface area is 87.1 Å². The van der Waals surface area contributed by atoms with E-state index in [0.29, 0.717) is 0 Å². The molecule has 0 amide bonds. The monoisotopic (exact) mass is 197 g/mol. The number of fused-ring (bicyclic) bond motifs is 3. The smallest absolute Gasteiger partial charge is 0.139 e. The summed E-state index contributed by atoms with van der Waals surface area (Å²) in [5.41, 5.74) is 1.70. The second-order valence-electron chi connectivity index (χ2n) is 3.37. The Morgan fingerprint density at radius 3 is 2.60 bits per heavy atom. The molecular weight excluding hydrogens is 188 g/mol. The second-order valence-corrected chi connectivity index (χ2v) is 3.37. The van der Waals surface area contributed by atoms with Crippen molar-refractivity contribution in [2.45, 2.75) is 0 Å². The molecule has 0 N–H and O–H groups in total. The quantitative estimate of drug-likeness (QED) is 0.592. The highest BCUT2D eigenvalue weighted by Gasteiger charge is 2.09. The Kier molecular flexibility index (Phi) is 1.68. The molecule has 1 aromatic heterocycles. The fourth-order valence-electron chi connectivity index (χ4n) is 1.86. The molecule has 2 aromatic carbocycles. The van der Waals surface area contributed by atoms with Crippen LogP contribution in [0.4, 0.5) is 0 Å². The van der Waals surface area contributed by atoms with Crippen molar-refractivity contribution in [3.05, 3.63) is 49.6 Å². The van der Waals surface area contributed by atoms with Gasteiger partial charge in [0.25, 0.3) is 0 Å². The summed E-state index contributed by atoms with van der Waals surface area (Å²) in [6.45, 7) is 0. The largest absolute Gasteiger partial charge is 0.489 e. The van der Waals surface area contributed by atoms with Gasteiger partial charge in [0.2, 0.25) is 0 Å². The van der Waals surface area contributed by atoms with Gasteiger partial charge in [0.1, 0.15) is 24.0 Å². The molecule has 1 heterocycles. The standard InChI is InChI=1S/C13H9O2/c1-14-11-7-4-8-12-13(11)9-5-2-3-6-10(9)15-12/h2-8H,1H2. The highest BCUT2D eigenvalue weighted by molar-refractivity contribution is 6.08. The molecule has 0 saturated heterocycles. The van der Waals surface area contributed by atoms with Crippen LogP contribution < -0.4 is 4.74 Å². The Hall–Kier alpha value is -1.96. The third-order valence-corrected chi connectivity index (χ3v) is 2.52. The topological polar surface area (TPSA) is 22.4 Å². The fraction of sp³-hybridized carbons (Fsp3) is 0. The van der Waals surface area contributed by atoms with Crippen LogP contribution in [0, 0.1) is 7.11 Å². The highest BCUT2D eigenvalue weighted by Crippen LogP contribution is 2.34. The first-order chi connectivity index (χ1) is 7.40. The molecule has 1 radical (unpaired) electrons. The van der Waals surface area contributed by atoms with E-state index in [1.54, 1.807) is 0 Å². The van der Waals surface area contributed by atoms with Crippen molar-refractivity contribution in [3.63, 3.8) is 0 Å². The van der Waals surface area contributed by atoms with Crippen molar-refractivity contribution in [2.24, 2.45) is 0 Å². The van der Waals surface area contributed by atoms with Crippen LogP contribution in [0.1, 0.15) is 0 Å². The van der Waals surface area contributed by atoms with Crippen molar-refractivity contribution in [1.82, 2.24) is 0 Å². The molecule has 15 heavy (non-hydrogen) atoms. The molecule has 3 rings (SSSR count). The van der Waals surface area contributed by atoms with Crippen LogP contribution in [0.2, 0.25) is 0 Å². The van der Waals surface area contributed by atoms with Crippen molar-refractivity contribution in [1.29, 1.82) is 0 Å². The Balaban J connectivity index is 2.56. The molecular formula is C13H9O2. The van der Waals surface area contributed by atoms with Gasteiger partial charge in [-0.25, -0.2) is 0 Å². The average molecular weight is 197 g/mol. The SMILES string of the molecule is [CH2]Oc1cccc2oc3ccccc3c12. The molecule has 0 atom stereocenters. The molecule has 0 bridgehead atoms. The van der Waals surface area contributed by atoms with Crippen LogP contribution in [0.3, 0.4) is 0 Å². The van der Waals surface area contributed by atoms with E-state index in [2.05, 4.69) is 7.11 Å². The summed E-state index contributed by atoms with van der Waals surface area (Å²) >= 11 is 0. The number of ether oxygens (including phenoxy) is 1. The predicted molar refractivity (Wildman–Crippen MR) is 59.7 cm³/mol. The van der Waals surface area contributed by atoms with E-state index in [1.165, 1.54) is 0 Å². The number of rotatable bonds is 1. The maximum absolute atomic E-state index is 5.69. The van der Waals surface area contributed by atoms with Gasteiger partial charge in [-0.2, -0.15) is 0 Å². The van der Waals surface area contributed by atoms with Crippen molar-refractivity contribution < 1.29 is 9.15 Å². The van der Waals surface area contributed by atoms with Gasteiger partial charge < -0.3 is 9.15 Å². The average Bonchev–Trinajstić information content (AvgIpc) is 2.67. The number of para-hydroxylation sites is 1. The minimum Gasteiger partial charge on any atom is -0.489 e. The lowest BCUT2D eigenvalue weighted by molar-refractivity contribution is 0.478. The van der Waals surface area contributed by atoms with E-state index in [1.807, 2.05) is 42.5 Å². The molecule has 0 aliphatic carbocycles. The molecule has 0 saturated carbocycles. The van der Waals surface area contributed by atoms with E-state index in [4.69, 9.17) is 9.15 Å². The maximum Gasteiger partial charge on any atom is 0.139 e. The van der Waals surface area contributed by atoms with Gasteiger partial charge >= 0.3 is 0 Å². The summed E-state index contributed by atoms with van der Waals surface area (Å²) in [4.78, 5) is 0. The van der Waals surface area contributed by atoms with E-state index >= 15 is 0 Å². The van der Waals surface area contributed by atoms with Crippen LogP contribution >= 0.6 is 0 Å². The molecule has 0 aliphatic heterocycles. The molecule has 73 valence electrons. The first-order valence-corrected chi connectivity index (χ1v) is 4.72. The summed E-state index contributed by atoms with van der Waals surface area (Å²) in [6.07, 6.45) is 0. The minimum absolute atomic E-state index is 0.748. The lowest BCUT2D eigenvalue weighted by atomic mass is 10.1. The lowest BCUT2D eigenvalue weighted by Gasteiger charge is -1.99. The third kappa shape index (κ3) is 1.11. The molecule has 0 spiro atoms. The number of hydrogen-bond acceptors (Lipinski definition) is 2. The third-order valence-electron chi connectivity index (χ3n) is 2.52. The fourth-order valence-corrected chi connectivity index (χ4v) is 1.86. The number of hydrogen-bond donors (Lipinski definition) is 0. The summed E-state index contributed by atoms with van der Waals surface area (Å²) in [5.74, 6) is 0.748. The second kappa shape index (κ2) is 3.02. The van der Waals surface area contributed by atoms with Crippen LogP contribution in [-0.2, 0) is 0 Å². The Bertz CT molecular complexity index is 623. The van der Waals surface area contributed by atoms with Crippen LogP contribution in [-0.4, -0.2) is 0 Å². The van der Waals surface area contributed by atoms with Crippen LogP contribution in [0.15, 0.2) is 46.9 Å². The van der Waals surface area contributed by atoms with Crippen LogP contribution in [0.5, 0.6) is 5.75 Å². The van der Waals surface area contributed by atoms with E-state index in [9.17, 15) is 0 Å². The van der Waals surface area contributed by atoms with E-state index in [0.717, 1.165) is 27.7 Å². The summed E-state index contributed by atoms with van der Waals surface area (Å²) in [5, 5.41) is 2.05. The lowest BCUT2D eigenvalue weighted by Crippen LogP contribution is -1.79. The Morgan fingerprint density at radius 1 is 0.933 bits per heavy atom. The number of benzene rings is 2. The van der Waals surface area contributed by atoms with E-state index < -0.39 is 0 Å². The minimum atomic E-state index is 0.748. The number of furan rings is 1. The summed E-state index contributed by atoms with van der Waals surface area (Å²) < 4.78 is 10.8. The zero-order valence-corrected chi connectivity index (χ0v) is 8.07. The van der Waals surface area contributed by atoms with Crippen LogP contribution in [0.25, 0.3) is 21.9 Å². The maximum atomic E-state index is 5.69. The zero-order valence-electron chi connectivity index (χ0n) is 8.07. The molecule has 3 aromatic rings. The predicted octanol–water partition coefficient (Wildman–Crippen LogP) is 3.76. The summed E-state index contributed by atoms with van der Waals surface area (Å²) in [7, 11) is 3.45. The van der Waals surface area contributed by atoms with Gasteiger partial charge in [-0.3, -0.25) is 0 Å². The highest BCUT2D eigenvalue weighted by atomic mass is 16.5. The molecule has 0 fully saturated rings. The normalized spacial score (nSPS) is 11.0. The van der Waals surface area contributed by atoms with Gasteiger partial charge in [-0.15, -0.1) is 0 Å². The molecule has 2 heteroatoms. The zero-order chi connectivity index (χ0) is 10.3. The molecule has 0 unspecified atom stereocenters. The summed E-state index contributed by atoms with van der Waals surface area (Å²) in [6, 6.07) is 13.6. The van der Waals surface area contributed by atoms with Gasteiger partial charge in [0, 0.05) is 5.39 Å².